The number of para-hydroxylation sites is 1. The number of benzene rings is 1. The molecule has 1 aromatic carbocycles. The van der Waals surface area contributed by atoms with Gasteiger partial charge in [0.2, 0.25) is 0 Å². The Balaban J connectivity index is 2.20. The third-order valence-electron chi connectivity index (χ3n) is 2.76. The quantitative estimate of drug-likeness (QED) is 0.703. The van der Waals surface area contributed by atoms with Gasteiger partial charge in [0.1, 0.15) is 11.5 Å². The number of rotatable bonds is 2. The third kappa shape index (κ3) is 1.63. The van der Waals surface area contributed by atoms with Gasteiger partial charge in [-0.05, 0) is 18.2 Å². The van der Waals surface area contributed by atoms with Crippen molar-refractivity contribution in [2.45, 2.75) is 0 Å². The van der Waals surface area contributed by atoms with E-state index in [1.807, 2.05) is 37.4 Å². The highest BCUT2D eigenvalue weighted by atomic mass is 15.1. The number of aromatic nitrogens is 3. The second-order valence-electron chi connectivity index (χ2n) is 3.80. The van der Waals surface area contributed by atoms with Crippen LogP contribution in [0.5, 0.6) is 0 Å². The highest BCUT2D eigenvalue weighted by Gasteiger charge is 2.07. The van der Waals surface area contributed by atoms with E-state index in [9.17, 15) is 0 Å². The minimum absolute atomic E-state index is 0.842. The van der Waals surface area contributed by atoms with E-state index < -0.39 is 0 Å². The van der Waals surface area contributed by atoms with Gasteiger partial charge < -0.3 is 5.32 Å². The smallest absolute Gasteiger partial charge is 0.126 e. The summed E-state index contributed by atoms with van der Waals surface area (Å²) in [5.41, 5.74) is 3.06. The molecule has 17 heavy (non-hydrogen) atoms. The van der Waals surface area contributed by atoms with E-state index in [1.54, 1.807) is 6.20 Å². The number of H-pyrrole nitrogens is 1. The van der Waals surface area contributed by atoms with Crippen molar-refractivity contribution in [1.29, 1.82) is 0 Å². The van der Waals surface area contributed by atoms with E-state index in [2.05, 4.69) is 26.6 Å². The van der Waals surface area contributed by atoms with Gasteiger partial charge in [0, 0.05) is 24.2 Å². The molecule has 84 valence electrons. The SMILES string of the molecule is CNc1cc(-c2n[nH]c3ccccc23)ccn1. The van der Waals surface area contributed by atoms with Crippen molar-refractivity contribution in [2.24, 2.45) is 0 Å². The molecule has 0 fully saturated rings. The van der Waals surface area contributed by atoms with Crippen LogP contribution in [-0.4, -0.2) is 22.2 Å². The summed E-state index contributed by atoms with van der Waals surface area (Å²) >= 11 is 0. The number of anilines is 1. The van der Waals surface area contributed by atoms with Crippen LogP contribution in [0.1, 0.15) is 0 Å². The Morgan fingerprint density at radius 3 is 2.94 bits per heavy atom. The Bertz CT molecular complexity index is 657. The molecule has 0 spiro atoms. The van der Waals surface area contributed by atoms with Crippen LogP contribution in [0.25, 0.3) is 22.2 Å². The molecule has 0 unspecified atom stereocenters. The van der Waals surface area contributed by atoms with Crippen LogP contribution in [0.15, 0.2) is 42.6 Å². The van der Waals surface area contributed by atoms with Gasteiger partial charge in [-0.3, -0.25) is 5.10 Å². The number of fused-ring (bicyclic) bond motifs is 1. The summed E-state index contributed by atoms with van der Waals surface area (Å²) in [5, 5.41) is 11.5. The summed E-state index contributed by atoms with van der Waals surface area (Å²) in [6, 6.07) is 12.0. The molecule has 4 heteroatoms. The Morgan fingerprint density at radius 2 is 2.06 bits per heavy atom. The Hall–Kier alpha value is -2.36. The van der Waals surface area contributed by atoms with Crippen molar-refractivity contribution in [3.05, 3.63) is 42.6 Å². The molecule has 3 aromatic rings. The van der Waals surface area contributed by atoms with Gasteiger partial charge in [-0.1, -0.05) is 18.2 Å². The van der Waals surface area contributed by atoms with E-state index >= 15 is 0 Å². The lowest BCUT2D eigenvalue weighted by Crippen LogP contribution is -1.91. The highest BCUT2D eigenvalue weighted by Crippen LogP contribution is 2.26. The molecule has 0 aliphatic rings. The first-order valence-electron chi connectivity index (χ1n) is 5.46. The van der Waals surface area contributed by atoms with E-state index in [4.69, 9.17) is 0 Å². The van der Waals surface area contributed by atoms with Gasteiger partial charge in [0.15, 0.2) is 0 Å². The number of hydrogen-bond donors (Lipinski definition) is 2. The first kappa shape index (κ1) is 9.84. The lowest BCUT2D eigenvalue weighted by atomic mass is 10.1. The molecule has 2 heterocycles. The maximum Gasteiger partial charge on any atom is 0.126 e. The van der Waals surface area contributed by atoms with Crippen molar-refractivity contribution >= 4 is 16.7 Å². The largest absolute Gasteiger partial charge is 0.373 e. The van der Waals surface area contributed by atoms with Crippen molar-refractivity contribution in [3.63, 3.8) is 0 Å². The van der Waals surface area contributed by atoms with E-state index in [-0.39, 0.29) is 0 Å². The summed E-state index contributed by atoms with van der Waals surface area (Å²) in [5.74, 6) is 0.842. The van der Waals surface area contributed by atoms with Crippen molar-refractivity contribution in [3.8, 4) is 11.3 Å². The second-order valence-corrected chi connectivity index (χ2v) is 3.80. The zero-order valence-electron chi connectivity index (χ0n) is 9.44. The summed E-state index contributed by atoms with van der Waals surface area (Å²) in [6.45, 7) is 0. The molecular weight excluding hydrogens is 212 g/mol. The Morgan fingerprint density at radius 1 is 1.18 bits per heavy atom. The van der Waals surface area contributed by atoms with Crippen molar-refractivity contribution < 1.29 is 0 Å². The Labute approximate surface area is 98.7 Å². The van der Waals surface area contributed by atoms with Crippen LogP contribution in [0.3, 0.4) is 0 Å². The molecule has 0 aliphatic carbocycles. The molecule has 0 amide bonds. The lowest BCUT2D eigenvalue weighted by Gasteiger charge is -2.01. The summed E-state index contributed by atoms with van der Waals surface area (Å²) < 4.78 is 0. The van der Waals surface area contributed by atoms with Gasteiger partial charge >= 0.3 is 0 Å². The molecule has 2 N–H and O–H groups in total. The number of nitrogens with one attached hydrogen (secondary N) is 2. The summed E-state index contributed by atoms with van der Waals surface area (Å²) in [7, 11) is 1.86. The molecule has 3 rings (SSSR count). The zero-order valence-corrected chi connectivity index (χ0v) is 9.44. The maximum absolute atomic E-state index is 4.36. The molecule has 0 radical (unpaired) electrons. The molecule has 2 aromatic heterocycles. The average Bonchev–Trinajstić information content (AvgIpc) is 2.82. The Kier molecular flexibility index (Phi) is 2.26. The molecule has 0 saturated heterocycles. The van der Waals surface area contributed by atoms with Crippen LogP contribution in [0.4, 0.5) is 5.82 Å². The van der Waals surface area contributed by atoms with E-state index in [1.165, 1.54) is 0 Å². The molecular formula is C13H12N4. The normalized spacial score (nSPS) is 10.6. The fourth-order valence-electron chi connectivity index (χ4n) is 1.90. The maximum atomic E-state index is 4.36. The molecule has 0 bridgehead atoms. The number of hydrogen-bond acceptors (Lipinski definition) is 3. The molecule has 4 nitrogen and oxygen atoms in total. The minimum atomic E-state index is 0.842. The van der Waals surface area contributed by atoms with Crippen LogP contribution in [0.2, 0.25) is 0 Å². The minimum Gasteiger partial charge on any atom is -0.373 e. The van der Waals surface area contributed by atoms with Gasteiger partial charge in [0.25, 0.3) is 0 Å². The number of pyridine rings is 1. The van der Waals surface area contributed by atoms with Gasteiger partial charge in [-0.2, -0.15) is 5.10 Å². The van der Waals surface area contributed by atoms with E-state index in [0.717, 1.165) is 28.0 Å². The summed E-state index contributed by atoms with van der Waals surface area (Å²) in [4.78, 5) is 4.20. The van der Waals surface area contributed by atoms with Gasteiger partial charge in [-0.15, -0.1) is 0 Å². The van der Waals surface area contributed by atoms with Crippen molar-refractivity contribution in [1.82, 2.24) is 15.2 Å². The monoisotopic (exact) mass is 224 g/mol. The molecule has 0 aliphatic heterocycles. The fourth-order valence-corrected chi connectivity index (χ4v) is 1.90. The van der Waals surface area contributed by atoms with Crippen LogP contribution >= 0.6 is 0 Å². The van der Waals surface area contributed by atoms with Gasteiger partial charge in [-0.25, -0.2) is 4.98 Å². The van der Waals surface area contributed by atoms with Gasteiger partial charge in [0.05, 0.1) is 5.52 Å². The number of aromatic amines is 1. The standard InChI is InChI=1S/C13H12N4/c1-14-12-8-9(6-7-15-12)13-10-4-2-3-5-11(10)16-17-13/h2-8H,1H3,(H,14,15)(H,16,17). The second kappa shape index (κ2) is 3.90. The zero-order chi connectivity index (χ0) is 11.7. The first-order chi connectivity index (χ1) is 8.38. The van der Waals surface area contributed by atoms with E-state index in [0.29, 0.717) is 0 Å². The predicted octanol–water partition coefficient (Wildman–Crippen LogP) is 2.67. The summed E-state index contributed by atoms with van der Waals surface area (Å²) in [6.07, 6.45) is 1.78. The fraction of sp³-hybridized carbons (Fsp3) is 0.0769. The highest BCUT2D eigenvalue weighted by molar-refractivity contribution is 5.93. The first-order valence-corrected chi connectivity index (χ1v) is 5.46. The van der Waals surface area contributed by atoms with Crippen LogP contribution in [-0.2, 0) is 0 Å². The van der Waals surface area contributed by atoms with Crippen LogP contribution < -0.4 is 5.32 Å². The number of nitrogens with zero attached hydrogens (tertiary/aromatic N) is 2. The molecule has 0 atom stereocenters. The van der Waals surface area contributed by atoms with Crippen LogP contribution in [0, 0.1) is 0 Å². The predicted molar refractivity (Wildman–Crippen MR) is 68.9 cm³/mol. The lowest BCUT2D eigenvalue weighted by molar-refractivity contribution is 1.12. The average molecular weight is 224 g/mol. The topological polar surface area (TPSA) is 53.6 Å². The third-order valence-corrected chi connectivity index (χ3v) is 2.76. The molecule has 0 saturated carbocycles. The van der Waals surface area contributed by atoms with Crippen molar-refractivity contribution in [2.75, 3.05) is 12.4 Å².